The van der Waals surface area contributed by atoms with Crippen molar-refractivity contribution in [2.45, 2.75) is 58.2 Å². The van der Waals surface area contributed by atoms with Gasteiger partial charge in [-0.2, -0.15) is 0 Å². The number of rotatable bonds is 5. The standard InChI is InChI=1S/C24H29N/c1-22-13-21-14-23(22,2)18-24(21,17-22)25(15-19-9-5-3-6-10-19)16-20-11-7-4-8-12-20/h3-12,21H,13-18H2,1-2H3. The summed E-state index contributed by atoms with van der Waals surface area (Å²) in [5.41, 5.74) is 4.48. The van der Waals surface area contributed by atoms with Crippen LogP contribution < -0.4 is 0 Å². The highest BCUT2D eigenvalue weighted by atomic mass is 15.2. The van der Waals surface area contributed by atoms with E-state index < -0.39 is 0 Å². The molecule has 0 saturated heterocycles. The zero-order valence-corrected chi connectivity index (χ0v) is 15.5. The van der Waals surface area contributed by atoms with E-state index in [1.165, 1.54) is 36.8 Å². The Kier molecular flexibility index (Phi) is 3.26. The maximum atomic E-state index is 2.85. The fourth-order valence-electron chi connectivity index (χ4n) is 6.77. The highest BCUT2D eigenvalue weighted by Crippen LogP contribution is 2.79. The van der Waals surface area contributed by atoms with E-state index in [1.54, 1.807) is 0 Å². The van der Waals surface area contributed by atoms with Crippen molar-refractivity contribution in [3.63, 3.8) is 0 Å². The van der Waals surface area contributed by atoms with Crippen LogP contribution in [-0.2, 0) is 13.1 Å². The number of hydrogen-bond donors (Lipinski definition) is 0. The Balaban J connectivity index is 1.50. The van der Waals surface area contributed by atoms with Gasteiger partial charge in [0, 0.05) is 18.6 Å². The molecule has 6 rings (SSSR count). The Hall–Kier alpha value is -1.60. The summed E-state index contributed by atoms with van der Waals surface area (Å²) in [6.07, 6.45) is 5.70. The van der Waals surface area contributed by atoms with Crippen LogP contribution in [0.3, 0.4) is 0 Å². The van der Waals surface area contributed by atoms with Crippen LogP contribution in [-0.4, -0.2) is 10.4 Å². The molecule has 1 heteroatoms. The number of benzene rings is 2. The first-order chi connectivity index (χ1) is 12.0. The zero-order valence-electron chi connectivity index (χ0n) is 15.5. The predicted octanol–water partition coefficient (Wildman–Crippen LogP) is 5.66. The molecule has 0 heterocycles. The van der Waals surface area contributed by atoms with E-state index in [-0.39, 0.29) is 0 Å². The van der Waals surface area contributed by atoms with Gasteiger partial charge < -0.3 is 0 Å². The molecule has 0 radical (unpaired) electrons. The molecule has 2 unspecified atom stereocenters. The first kappa shape index (κ1) is 15.6. The maximum Gasteiger partial charge on any atom is 0.0256 e. The molecule has 0 aliphatic heterocycles. The van der Waals surface area contributed by atoms with Gasteiger partial charge in [0.25, 0.3) is 0 Å². The largest absolute Gasteiger partial charge is 0.289 e. The lowest BCUT2D eigenvalue weighted by atomic mass is 9.71. The third-order valence-electron chi connectivity index (χ3n) is 8.07. The van der Waals surface area contributed by atoms with Crippen molar-refractivity contribution < 1.29 is 0 Å². The van der Waals surface area contributed by atoms with E-state index in [9.17, 15) is 0 Å². The zero-order chi connectivity index (χ0) is 17.1. The fraction of sp³-hybridized carbons (Fsp3) is 0.500. The molecule has 2 atom stereocenters. The second kappa shape index (κ2) is 5.20. The molecule has 2 aromatic rings. The molecule has 0 aromatic heterocycles. The summed E-state index contributed by atoms with van der Waals surface area (Å²) in [6, 6.07) is 22.2. The summed E-state index contributed by atoms with van der Waals surface area (Å²) in [7, 11) is 0. The van der Waals surface area contributed by atoms with Crippen molar-refractivity contribution in [3.8, 4) is 0 Å². The molecule has 4 saturated carbocycles. The normalized spacial score (nSPS) is 38.1. The van der Waals surface area contributed by atoms with Crippen LogP contribution in [0.5, 0.6) is 0 Å². The third-order valence-corrected chi connectivity index (χ3v) is 8.07. The van der Waals surface area contributed by atoms with Gasteiger partial charge in [-0.1, -0.05) is 74.5 Å². The van der Waals surface area contributed by atoms with E-state index in [4.69, 9.17) is 0 Å². The molecular weight excluding hydrogens is 302 g/mol. The Morgan fingerprint density at radius 2 is 1.20 bits per heavy atom. The summed E-state index contributed by atoms with van der Waals surface area (Å²) in [6.45, 7) is 7.31. The second-order valence-electron chi connectivity index (χ2n) is 9.51. The van der Waals surface area contributed by atoms with Crippen LogP contribution in [0, 0.1) is 16.7 Å². The van der Waals surface area contributed by atoms with E-state index in [1.807, 2.05) is 0 Å². The molecule has 25 heavy (non-hydrogen) atoms. The minimum atomic E-state index is 0.426. The number of nitrogens with zero attached hydrogens (tertiary/aromatic N) is 1. The van der Waals surface area contributed by atoms with Crippen LogP contribution in [0.15, 0.2) is 60.7 Å². The highest BCUT2D eigenvalue weighted by molar-refractivity contribution is 5.29. The van der Waals surface area contributed by atoms with Crippen molar-refractivity contribution in [1.29, 1.82) is 0 Å². The van der Waals surface area contributed by atoms with E-state index in [0.29, 0.717) is 16.4 Å². The minimum Gasteiger partial charge on any atom is -0.289 e. The molecule has 4 aliphatic carbocycles. The molecule has 1 nitrogen and oxygen atoms in total. The lowest BCUT2D eigenvalue weighted by molar-refractivity contribution is 0.0550. The monoisotopic (exact) mass is 331 g/mol. The van der Waals surface area contributed by atoms with E-state index >= 15 is 0 Å². The molecule has 0 N–H and O–H groups in total. The van der Waals surface area contributed by atoms with Crippen LogP contribution in [0.25, 0.3) is 0 Å². The van der Waals surface area contributed by atoms with Crippen LogP contribution >= 0.6 is 0 Å². The molecule has 4 bridgehead atoms. The average Bonchev–Trinajstić information content (AvgIpc) is 3.21. The van der Waals surface area contributed by atoms with Crippen LogP contribution in [0.2, 0.25) is 0 Å². The van der Waals surface area contributed by atoms with Crippen LogP contribution in [0.1, 0.15) is 50.7 Å². The van der Waals surface area contributed by atoms with Gasteiger partial charge in [0.2, 0.25) is 0 Å². The lowest BCUT2D eigenvalue weighted by Crippen LogP contribution is -2.47. The third kappa shape index (κ3) is 2.18. The van der Waals surface area contributed by atoms with Gasteiger partial charge in [-0.15, -0.1) is 0 Å². The van der Waals surface area contributed by atoms with Gasteiger partial charge in [0.1, 0.15) is 0 Å². The topological polar surface area (TPSA) is 3.24 Å². The Morgan fingerprint density at radius 3 is 1.56 bits per heavy atom. The van der Waals surface area contributed by atoms with Gasteiger partial charge in [0.05, 0.1) is 0 Å². The van der Waals surface area contributed by atoms with E-state index in [0.717, 1.165) is 19.0 Å². The summed E-state index contributed by atoms with van der Waals surface area (Å²) in [4.78, 5) is 2.85. The minimum absolute atomic E-state index is 0.426. The molecular formula is C24H29N. The summed E-state index contributed by atoms with van der Waals surface area (Å²) in [5.74, 6) is 0.898. The number of hydrogen-bond acceptors (Lipinski definition) is 1. The molecule has 4 fully saturated rings. The molecule has 4 aliphatic rings. The Labute approximate surface area is 152 Å². The van der Waals surface area contributed by atoms with Gasteiger partial charge in [0.15, 0.2) is 0 Å². The van der Waals surface area contributed by atoms with Crippen molar-refractivity contribution in [1.82, 2.24) is 4.90 Å². The second-order valence-corrected chi connectivity index (χ2v) is 9.51. The fourth-order valence-corrected chi connectivity index (χ4v) is 6.77. The predicted molar refractivity (Wildman–Crippen MR) is 103 cm³/mol. The van der Waals surface area contributed by atoms with Crippen molar-refractivity contribution in [2.75, 3.05) is 0 Å². The SMILES string of the molecule is CC12CC3CC1(C)CC3(N(Cc1ccccc1)Cc1ccccc1)C2. The average molecular weight is 332 g/mol. The van der Waals surface area contributed by atoms with Crippen molar-refractivity contribution in [2.24, 2.45) is 16.7 Å². The summed E-state index contributed by atoms with van der Waals surface area (Å²) in [5, 5.41) is 0. The van der Waals surface area contributed by atoms with Gasteiger partial charge in [-0.3, -0.25) is 4.90 Å². The quantitative estimate of drug-likeness (QED) is 0.683. The van der Waals surface area contributed by atoms with Crippen molar-refractivity contribution >= 4 is 0 Å². The smallest absolute Gasteiger partial charge is 0.0256 e. The van der Waals surface area contributed by atoms with Gasteiger partial charge >= 0.3 is 0 Å². The Morgan fingerprint density at radius 1 is 0.760 bits per heavy atom. The summed E-state index contributed by atoms with van der Waals surface area (Å²) < 4.78 is 0. The molecule has 0 spiro atoms. The maximum absolute atomic E-state index is 2.85. The lowest BCUT2D eigenvalue weighted by Gasteiger charge is -2.42. The Bertz CT molecular complexity index is 706. The summed E-state index contributed by atoms with van der Waals surface area (Å²) >= 11 is 0. The van der Waals surface area contributed by atoms with Crippen LogP contribution in [0.4, 0.5) is 0 Å². The van der Waals surface area contributed by atoms with Gasteiger partial charge in [-0.05, 0) is 53.6 Å². The first-order valence-electron chi connectivity index (χ1n) is 9.86. The van der Waals surface area contributed by atoms with E-state index in [2.05, 4.69) is 79.4 Å². The highest BCUT2D eigenvalue weighted by Gasteiger charge is 2.75. The van der Waals surface area contributed by atoms with Crippen molar-refractivity contribution in [3.05, 3.63) is 71.8 Å². The molecule has 130 valence electrons. The first-order valence-corrected chi connectivity index (χ1v) is 9.86. The van der Waals surface area contributed by atoms with Gasteiger partial charge in [-0.25, -0.2) is 0 Å². The molecule has 0 amide bonds. The molecule has 2 aromatic carbocycles.